The number of hydrogen-bond donors (Lipinski definition) is 1. The Bertz CT molecular complexity index is 1060. The van der Waals surface area contributed by atoms with Crippen molar-refractivity contribution in [1.29, 1.82) is 0 Å². The third-order valence-electron chi connectivity index (χ3n) is 4.69. The van der Waals surface area contributed by atoms with E-state index in [1.165, 1.54) is 0 Å². The molecule has 1 fully saturated rings. The van der Waals surface area contributed by atoms with Gasteiger partial charge in [-0.1, -0.05) is 12.0 Å². The first-order chi connectivity index (χ1) is 14.4. The van der Waals surface area contributed by atoms with Gasteiger partial charge in [0, 0.05) is 30.2 Å². The van der Waals surface area contributed by atoms with Gasteiger partial charge in [-0.3, -0.25) is 4.79 Å². The fraction of sp³-hybridized carbons (Fsp3) is 0.458. The molecule has 166 valence electrons. The van der Waals surface area contributed by atoms with E-state index in [9.17, 15) is 9.59 Å². The zero-order valence-corrected chi connectivity index (χ0v) is 19.9. The van der Waals surface area contributed by atoms with Gasteiger partial charge in [-0.05, 0) is 74.8 Å². The molecule has 1 aromatic heterocycles. The molecule has 0 saturated carbocycles. The largest absolute Gasteiger partial charge is 0.444 e. The second kappa shape index (κ2) is 8.80. The normalized spacial score (nSPS) is 17.1. The van der Waals surface area contributed by atoms with Gasteiger partial charge in [0.15, 0.2) is 0 Å². The van der Waals surface area contributed by atoms with Gasteiger partial charge in [-0.15, -0.1) is 0 Å². The number of fused-ring (bicyclic) bond motifs is 1. The first-order valence-electron chi connectivity index (χ1n) is 10.3. The molecule has 1 aliphatic rings. The Kier molecular flexibility index (Phi) is 6.51. The topological polar surface area (TPSA) is 71.5 Å². The summed E-state index contributed by atoms with van der Waals surface area (Å²) in [5.74, 6) is 3.33. The highest BCUT2D eigenvalue weighted by molar-refractivity contribution is 8.35. The molecule has 2 amide bonds. The first-order valence-corrected chi connectivity index (χ1v) is 13.2. The summed E-state index contributed by atoms with van der Waals surface area (Å²) in [5.41, 5.74) is 0.395. The van der Waals surface area contributed by atoms with Gasteiger partial charge in [0.05, 0.1) is 5.92 Å². The van der Waals surface area contributed by atoms with Gasteiger partial charge in [-0.25, -0.2) is 9.78 Å². The predicted octanol–water partition coefficient (Wildman–Crippen LogP) is 4.43. The van der Waals surface area contributed by atoms with E-state index in [0.29, 0.717) is 25.3 Å². The van der Waals surface area contributed by atoms with Crippen molar-refractivity contribution in [2.75, 3.05) is 37.2 Å². The van der Waals surface area contributed by atoms with Crippen molar-refractivity contribution in [1.82, 2.24) is 9.88 Å². The smallest absolute Gasteiger partial charge is 0.410 e. The highest BCUT2D eigenvalue weighted by atomic mass is 32.3. The number of hydrogen-bond acceptors (Lipinski definition) is 4. The van der Waals surface area contributed by atoms with E-state index in [0.717, 1.165) is 16.3 Å². The number of anilines is 1. The van der Waals surface area contributed by atoms with Crippen LogP contribution in [-0.2, 0) is 9.53 Å². The Morgan fingerprint density at radius 2 is 1.94 bits per heavy atom. The number of nitrogens with one attached hydrogen (secondary N) is 1. The number of carbonyl (C=O) groups is 2. The highest BCUT2D eigenvalue weighted by Crippen LogP contribution is 2.32. The number of nitrogens with zero attached hydrogens (tertiary/aromatic N) is 2. The number of aromatic nitrogens is 1. The third kappa shape index (κ3) is 6.63. The van der Waals surface area contributed by atoms with Crippen molar-refractivity contribution in [3.8, 4) is 11.2 Å². The van der Waals surface area contributed by atoms with Gasteiger partial charge >= 0.3 is 6.09 Å². The molecule has 3 rings (SSSR count). The Hall–Kier alpha value is -2.72. The Labute approximate surface area is 186 Å². The summed E-state index contributed by atoms with van der Waals surface area (Å²) in [5, 5.41) is 8.18. The molecule has 1 saturated heterocycles. The molecule has 7 heteroatoms. The number of ether oxygens (including phenoxy) is 1. The SMILES string of the molecule is CC(C)(C)OC(=O)N1CC[C@H](C(=O)Nc2cc3cc(C#CS(C)(C)C)ccc3cn2)C1. The number of rotatable bonds is 2. The zero-order valence-electron chi connectivity index (χ0n) is 19.1. The quantitative estimate of drug-likeness (QED) is 0.700. The minimum atomic E-state index is -0.897. The highest BCUT2D eigenvalue weighted by Gasteiger charge is 2.33. The number of carbonyl (C=O) groups excluding carboxylic acids is 2. The fourth-order valence-corrected chi connectivity index (χ4v) is 3.62. The Morgan fingerprint density at radius 3 is 2.61 bits per heavy atom. The van der Waals surface area contributed by atoms with E-state index >= 15 is 0 Å². The van der Waals surface area contributed by atoms with E-state index in [1.54, 1.807) is 11.1 Å². The third-order valence-corrected chi connectivity index (χ3v) is 5.40. The number of benzene rings is 1. The maximum absolute atomic E-state index is 12.7. The molecule has 1 atom stereocenters. The summed E-state index contributed by atoms with van der Waals surface area (Å²) >= 11 is 0. The van der Waals surface area contributed by atoms with Gasteiger partial charge in [0.2, 0.25) is 5.91 Å². The molecule has 0 aliphatic carbocycles. The van der Waals surface area contributed by atoms with Gasteiger partial charge in [0.25, 0.3) is 0 Å². The van der Waals surface area contributed by atoms with E-state index in [-0.39, 0.29) is 17.9 Å². The molecular weight excluding hydrogens is 410 g/mol. The van der Waals surface area contributed by atoms with Crippen molar-refractivity contribution < 1.29 is 14.3 Å². The average molecular weight is 442 g/mol. The lowest BCUT2D eigenvalue weighted by Gasteiger charge is -2.24. The van der Waals surface area contributed by atoms with Crippen LogP contribution in [0.15, 0.2) is 30.5 Å². The van der Waals surface area contributed by atoms with Crippen molar-refractivity contribution >= 4 is 38.6 Å². The average Bonchev–Trinajstić information content (AvgIpc) is 3.15. The van der Waals surface area contributed by atoms with Crippen LogP contribution in [0.1, 0.15) is 32.8 Å². The molecule has 0 radical (unpaired) electrons. The fourth-order valence-electron chi connectivity index (χ4n) is 3.19. The lowest BCUT2D eigenvalue weighted by atomic mass is 10.1. The molecule has 6 nitrogen and oxygen atoms in total. The summed E-state index contributed by atoms with van der Waals surface area (Å²) in [4.78, 5) is 30.9. The van der Waals surface area contributed by atoms with Gasteiger partial charge in [-0.2, -0.15) is 10.0 Å². The van der Waals surface area contributed by atoms with Gasteiger partial charge in [0.1, 0.15) is 11.4 Å². The van der Waals surface area contributed by atoms with Crippen molar-refractivity contribution in [2.45, 2.75) is 32.8 Å². The summed E-state index contributed by atoms with van der Waals surface area (Å²) in [6.45, 7) is 6.35. The minimum absolute atomic E-state index is 0.134. The molecule has 0 spiro atoms. The van der Waals surface area contributed by atoms with Crippen LogP contribution in [0.25, 0.3) is 10.8 Å². The summed E-state index contributed by atoms with van der Waals surface area (Å²) in [6, 6.07) is 7.86. The zero-order chi connectivity index (χ0) is 22.8. The maximum Gasteiger partial charge on any atom is 0.410 e. The van der Waals surface area contributed by atoms with E-state index in [1.807, 2.05) is 45.0 Å². The van der Waals surface area contributed by atoms with E-state index < -0.39 is 15.6 Å². The molecule has 1 aliphatic heterocycles. The second-order valence-electron chi connectivity index (χ2n) is 9.60. The standard InChI is InChI=1S/C24H31N3O3S/c1-24(2,3)30-23(29)27-11-9-19(16-27)22(28)26-21-14-20-13-17(10-12-31(4,5)6)7-8-18(20)15-25-21/h7-8,13-15,19H,9,11,16H2,1-6H3,(H,25,26,28)/t19-/m0/s1. The van der Waals surface area contributed by atoms with Crippen LogP contribution in [0.2, 0.25) is 0 Å². The second-order valence-corrected chi connectivity index (χ2v) is 13.5. The Balaban J connectivity index is 1.68. The first kappa shape index (κ1) is 23.0. The minimum Gasteiger partial charge on any atom is -0.444 e. The van der Waals surface area contributed by atoms with Crippen LogP contribution >= 0.6 is 10.0 Å². The summed E-state index contributed by atoms with van der Waals surface area (Å²) in [7, 11) is -0.897. The van der Waals surface area contributed by atoms with Crippen molar-refractivity contribution in [3.05, 3.63) is 36.0 Å². The molecule has 0 bridgehead atoms. The molecule has 2 aromatic rings. The monoisotopic (exact) mass is 441 g/mol. The van der Waals surface area contributed by atoms with E-state index in [2.05, 4.69) is 40.2 Å². The molecule has 0 unspecified atom stereocenters. The number of amides is 2. The number of likely N-dealkylation sites (tertiary alicyclic amines) is 1. The summed E-state index contributed by atoms with van der Waals surface area (Å²) < 4.78 is 5.40. The van der Waals surface area contributed by atoms with E-state index in [4.69, 9.17) is 4.74 Å². The molecule has 1 N–H and O–H groups in total. The van der Waals surface area contributed by atoms with Crippen LogP contribution in [-0.4, -0.2) is 59.3 Å². The van der Waals surface area contributed by atoms with Crippen LogP contribution in [0.4, 0.5) is 10.6 Å². The number of pyridine rings is 1. The predicted molar refractivity (Wildman–Crippen MR) is 129 cm³/mol. The van der Waals surface area contributed by atoms with Crippen LogP contribution < -0.4 is 5.32 Å². The molecule has 31 heavy (non-hydrogen) atoms. The lowest BCUT2D eigenvalue weighted by Crippen LogP contribution is -2.36. The van der Waals surface area contributed by atoms with Crippen LogP contribution in [0.3, 0.4) is 0 Å². The molecule has 2 heterocycles. The van der Waals surface area contributed by atoms with Crippen molar-refractivity contribution in [3.63, 3.8) is 0 Å². The lowest BCUT2D eigenvalue weighted by molar-refractivity contribution is -0.119. The maximum atomic E-state index is 12.7. The molecular formula is C24H31N3O3S. The molecule has 1 aromatic carbocycles. The van der Waals surface area contributed by atoms with Gasteiger partial charge < -0.3 is 15.0 Å². The van der Waals surface area contributed by atoms with Crippen molar-refractivity contribution in [2.24, 2.45) is 5.92 Å². The van der Waals surface area contributed by atoms with Crippen LogP contribution in [0, 0.1) is 17.1 Å². The Morgan fingerprint density at radius 1 is 1.19 bits per heavy atom. The summed E-state index contributed by atoms with van der Waals surface area (Å²) in [6.07, 6.45) is 8.45. The van der Waals surface area contributed by atoms with Crippen LogP contribution in [0.5, 0.6) is 0 Å².